The number of hydrogen-bond donors (Lipinski definition) is 0. The first kappa shape index (κ1) is 17.1. The molecule has 0 saturated carbocycles. The molecule has 0 N–H and O–H groups in total. The summed E-state index contributed by atoms with van der Waals surface area (Å²) in [5, 5.41) is 0. The summed E-state index contributed by atoms with van der Waals surface area (Å²) in [5.41, 5.74) is 3.09. The van der Waals surface area contributed by atoms with Gasteiger partial charge in [-0.15, -0.1) is 0 Å². The van der Waals surface area contributed by atoms with Crippen LogP contribution < -0.4 is 0 Å². The number of amides is 1. The second-order valence-corrected chi connectivity index (χ2v) is 7.04. The van der Waals surface area contributed by atoms with E-state index < -0.39 is 0 Å². The molecule has 3 rings (SSSR count). The van der Waals surface area contributed by atoms with Crippen molar-refractivity contribution in [2.75, 3.05) is 26.2 Å². The van der Waals surface area contributed by atoms with Crippen molar-refractivity contribution in [1.82, 2.24) is 9.80 Å². The molecule has 24 heavy (non-hydrogen) atoms. The molecule has 0 atom stereocenters. The number of carbonyl (C=O) groups is 1. The first-order valence-corrected chi connectivity index (χ1v) is 8.84. The van der Waals surface area contributed by atoms with Gasteiger partial charge in [0, 0.05) is 37.2 Å². The summed E-state index contributed by atoms with van der Waals surface area (Å²) < 4.78 is 13.7. The zero-order valence-corrected chi connectivity index (χ0v) is 15.2. The molecular formula is C19H20BrFN2O. The minimum atomic E-state index is -0.346. The monoisotopic (exact) mass is 390 g/mol. The van der Waals surface area contributed by atoms with E-state index in [4.69, 9.17) is 0 Å². The highest BCUT2D eigenvalue weighted by Gasteiger charge is 2.23. The van der Waals surface area contributed by atoms with E-state index in [9.17, 15) is 9.18 Å². The van der Waals surface area contributed by atoms with E-state index >= 15 is 0 Å². The smallest absolute Gasteiger partial charge is 0.255 e. The molecule has 0 aliphatic carbocycles. The topological polar surface area (TPSA) is 23.6 Å². The van der Waals surface area contributed by atoms with Gasteiger partial charge in [0.2, 0.25) is 0 Å². The van der Waals surface area contributed by atoms with Crippen LogP contribution in [-0.2, 0) is 6.54 Å². The van der Waals surface area contributed by atoms with Gasteiger partial charge in [0.1, 0.15) is 5.82 Å². The number of halogens is 2. The Labute approximate surface area is 150 Å². The largest absolute Gasteiger partial charge is 0.336 e. The summed E-state index contributed by atoms with van der Waals surface area (Å²) in [6.45, 7) is 6.07. The second-order valence-electron chi connectivity index (χ2n) is 6.18. The summed E-state index contributed by atoms with van der Waals surface area (Å²) in [6.07, 6.45) is 0. The van der Waals surface area contributed by atoms with Crippen LogP contribution in [0, 0.1) is 12.7 Å². The van der Waals surface area contributed by atoms with E-state index in [0.29, 0.717) is 23.1 Å². The molecule has 126 valence electrons. The minimum absolute atomic E-state index is 0.0444. The maximum Gasteiger partial charge on any atom is 0.255 e. The van der Waals surface area contributed by atoms with Gasteiger partial charge in [-0.25, -0.2) is 4.39 Å². The summed E-state index contributed by atoms with van der Waals surface area (Å²) in [7, 11) is 0. The average Bonchev–Trinajstić information content (AvgIpc) is 2.55. The van der Waals surface area contributed by atoms with Gasteiger partial charge >= 0.3 is 0 Å². The van der Waals surface area contributed by atoms with Gasteiger partial charge in [-0.2, -0.15) is 0 Å². The van der Waals surface area contributed by atoms with Gasteiger partial charge in [-0.05, 0) is 46.6 Å². The predicted octanol–water partition coefficient (Wildman–Crippen LogP) is 3.85. The Morgan fingerprint density at radius 2 is 1.88 bits per heavy atom. The lowest BCUT2D eigenvalue weighted by molar-refractivity contribution is 0.0627. The average molecular weight is 391 g/mol. The molecule has 5 heteroatoms. The molecule has 1 aliphatic heterocycles. The van der Waals surface area contributed by atoms with Crippen LogP contribution in [0.5, 0.6) is 0 Å². The number of aryl methyl sites for hydroxylation is 1. The second kappa shape index (κ2) is 7.45. The SMILES string of the molecule is Cc1cccc(CN2CCN(C(=O)c3ccc(F)cc3Br)CC2)c1. The van der Waals surface area contributed by atoms with Gasteiger partial charge in [-0.1, -0.05) is 29.8 Å². The van der Waals surface area contributed by atoms with Crippen LogP contribution in [0.1, 0.15) is 21.5 Å². The standard InChI is InChI=1S/C19H20BrFN2O/c1-14-3-2-4-15(11-14)13-22-7-9-23(10-8-22)19(24)17-6-5-16(21)12-18(17)20/h2-6,11-12H,7-10,13H2,1H3. The van der Waals surface area contributed by atoms with Crippen molar-refractivity contribution in [3.8, 4) is 0 Å². The Morgan fingerprint density at radius 3 is 2.54 bits per heavy atom. The van der Waals surface area contributed by atoms with Crippen molar-refractivity contribution in [2.45, 2.75) is 13.5 Å². The normalized spacial score (nSPS) is 15.5. The number of nitrogens with zero attached hydrogens (tertiary/aromatic N) is 2. The number of piperazine rings is 1. The first-order valence-electron chi connectivity index (χ1n) is 8.05. The van der Waals surface area contributed by atoms with Crippen molar-refractivity contribution in [2.24, 2.45) is 0 Å². The molecule has 1 heterocycles. The predicted molar refractivity (Wildman–Crippen MR) is 96.5 cm³/mol. The molecule has 2 aromatic carbocycles. The number of hydrogen-bond acceptors (Lipinski definition) is 2. The lowest BCUT2D eigenvalue weighted by Gasteiger charge is -2.35. The Kier molecular flexibility index (Phi) is 5.31. The van der Waals surface area contributed by atoms with Crippen LogP contribution in [0.25, 0.3) is 0 Å². The zero-order chi connectivity index (χ0) is 17.1. The number of rotatable bonds is 3. The lowest BCUT2D eigenvalue weighted by atomic mass is 10.1. The zero-order valence-electron chi connectivity index (χ0n) is 13.6. The lowest BCUT2D eigenvalue weighted by Crippen LogP contribution is -2.48. The molecule has 0 bridgehead atoms. The summed E-state index contributed by atoms with van der Waals surface area (Å²) in [4.78, 5) is 16.8. The van der Waals surface area contributed by atoms with E-state index in [-0.39, 0.29) is 11.7 Å². The maximum atomic E-state index is 13.2. The molecular weight excluding hydrogens is 371 g/mol. The maximum absolute atomic E-state index is 13.2. The highest BCUT2D eigenvalue weighted by molar-refractivity contribution is 9.10. The highest BCUT2D eigenvalue weighted by atomic mass is 79.9. The van der Waals surface area contributed by atoms with Crippen LogP contribution in [0.3, 0.4) is 0 Å². The van der Waals surface area contributed by atoms with Crippen LogP contribution in [0.4, 0.5) is 4.39 Å². The summed E-state index contributed by atoms with van der Waals surface area (Å²) in [5.74, 6) is -0.390. The van der Waals surface area contributed by atoms with Gasteiger partial charge < -0.3 is 4.90 Å². The molecule has 0 unspecified atom stereocenters. The van der Waals surface area contributed by atoms with Crippen molar-refractivity contribution in [3.63, 3.8) is 0 Å². The fraction of sp³-hybridized carbons (Fsp3) is 0.316. The Bertz CT molecular complexity index is 742. The summed E-state index contributed by atoms with van der Waals surface area (Å²) >= 11 is 3.28. The third-order valence-corrected chi connectivity index (χ3v) is 4.97. The number of carbonyl (C=O) groups excluding carboxylic acids is 1. The Morgan fingerprint density at radius 1 is 1.12 bits per heavy atom. The molecule has 1 fully saturated rings. The van der Waals surface area contributed by atoms with Gasteiger partial charge in [-0.3, -0.25) is 9.69 Å². The van der Waals surface area contributed by atoms with Crippen LogP contribution in [0.2, 0.25) is 0 Å². The van der Waals surface area contributed by atoms with Gasteiger partial charge in [0.25, 0.3) is 5.91 Å². The molecule has 3 nitrogen and oxygen atoms in total. The minimum Gasteiger partial charge on any atom is -0.336 e. The fourth-order valence-electron chi connectivity index (χ4n) is 3.01. The molecule has 0 aromatic heterocycles. The van der Waals surface area contributed by atoms with E-state index in [1.165, 1.54) is 23.3 Å². The van der Waals surface area contributed by atoms with Gasteiger partial charge in [0.05, 0.1) is 5.56 Å². The van der Waals surface area contributed by atoms with Crippen LogP contribution in [-0.4, -0.2) is 41.9 Å². The van der Waals surface area contributed by atoms with E-state index in [0.717, 1.165) is 19.6 Å². The molecule has 1 aliphatic rings. The Balaban J connectivity index is 1.59. The van der Waals surface area contributed by atoms with Gasteiger partial charge in [0.15, 0.2) is 0 Å². The van der Waals surface area contributed by atoms with Crippen LogP contribution >= 0.6 is 15.9 Å². The molecule has 1 saturated heterocycles. The molecule has 0 spiro atoms. The van der Waals surface area contributed by atoms with Crippen molar-refractivity contribution >= 4 is 21.8 Å². The Hall–Kier alpha value is -1.72. The fourth-order valence-corrected chi connectivity index (χ4v) is 3.53. The van der Waals surface area contributed by atoms with E-state index in [2.05, 4.69) is 52.0 Å². The quantitative estimate of drug-likeness (QED) is 0.794. The van der Waals surface area contributed by atoms with Crippen molar-refractivity contribution in [3.05, 3.63) is 69.4 Å². The third-order valence-electron chi connectivity index (χ3n) is 4.31. The molecule has 2 aromatic rings. The molecule has 0 radical (unpaired) electrons. The van der Waals surface area contributed by atoms with E-state index in [1.54, 1.807) is 6.07 Å². The van der Waals surface area contributed by atoms with Crippen LogP contribution in [0.15, 0.2) is 46.9 Å². The summed E-state index contributed by atoms with van der Waals surface area (Å²) in [6, 6.07) is 12.7. The third kappa shape index (κ3) is 4.02. The number of benzene rings is 2. The van der Waals surface area contributed by atoms with E-state index in [1.807, 2.05) is 4.90 Å². The van der Waals surface area contributed by atoms with Crippen molar-refractivity contribution in [1.29, 1.82) is 0 Å². The highest BCUT2D eigenvalue weighted by Crippen LogP contribution is 2.21. The molecule has 1 amide bonds. The van der Waals surface area contributed by atoms with Crippen molar-refractivity contribution < 1.29 is 9.18 Å². The first-order chi connectivity index (χ1) is 11.5.